The molecule has 0 unspecified atom stereocenters. The number of sulfone groups is 1. The largest absolute Gasteiger partial charge is 0.224 e. The molecule has 1 aromatic heterocycles. The van der Waals surface area contributed by atoms with Gasteiger partial charge in [-0.15, -0.1) is 5.10 Å². The summed E-state index contributed by atoms with van der Waals surface area (Å²) in [6, 6.07) is 14.1. The summed E-state index contributed by atoms with van der Waals surface area (Å²) in [6.45, 7) is 0. The summed E-state index contributed by atoms with van der Waals surface area (Å²) in [5.41, 5.74) is 2.47. The van der Waals surface area contributed by atoms with Crippen LogP contribution in [-0.4, -0.2) is 24.3 Å². The fraction of sp³-hybridized carbons (Fsp3) is 0.0667. The Balaban J connectivity index is 2.06. The topological polar surface area (TPSA) is 59.9 Å². The summed E-state index contributed by atoms with van der Waals surface area (Å²) in [6.07, 6.45) is 1.18. The third kappa shape index (κ3) is 3.04. The Kier molecular flexibility index (Phi) is 3.99. The van der Waals surface area contributed by atoms with Gasteiger partial charge in [-0.05, 0) is 41.4 Å². The van der Waals surface area contributed by atoms with Gasteiger partial charge in [0.05, 0.1) is 9.77 Å². The maximum absolute atomic E-state index is 11.5. The predicted octanol–water partition coefficient (Wildman–Crippen LogP) is 3.93. The highest BCUT2D eigenvalue weighted by atomic mass is 35.5. The minimum atomic E-state index is -3.21. The van der Waals surface area contributed by atoms with E-state index in [9.17, 15) is 8.42 Å². The molecule has 7 heteroatoms. The minimum absolute atomic E-state index is 0.281. The fourth-order valence-electron chi connectivity index (χ4n) is 2.06. The van der Waals surface area contributed by atoms with E-state index in [1.54, 1.807) is 30.3 Å². The molecule has 0 radical (unpaired) electrons. The maximum Gasteiger partial charge on any atom is 0.175 e. The van der Waals surface area contributed by atoms with Crippen molar-refractivity contribution in [2.75, 3.05) is 6.26 Å². The van der Waals surface area contributed by atoms with Gasteiger partial charge < -0.3 is 0 Å². The summed E-state index contributed by atoms with van der Waals surface area (Å²) < 4.78 is 27.0. The summed E-state index contributed by atoms with van der Waals surface area (Å²) in [4.78, 5) is 1.18. The van der Waals surface area contributed by atoms with Gasteiger partial charge in [0.25, 0.3) is 0 Å². The highest BCUT2D eigenvalue weighted by Crippen LogP contribution is 2.34. The molecule has 0 amide bonds. The molecule has 0 atom stereocenters. The average molecular weight is 351 g/mol. The first kappa shape index (κ1) is 15.1. The van der Waals surface area contributed by atoms with Crippen molar-refractivity contribution < 1.29 is 8.42 Å². The number of benzene rings is 2. The van der Waals surface area contributed by atoms with Crippen LogP contribution in [0.2, 0.25) is 5.02 Å². The number of aromatic nitrogens is 2. The zero-order chi connectivity index (χ0) is 15.7. The van der Waals surface area contributed by atoms with E-state index in [2.05, 4.69) is 9.59 Å². The van der Waals surface area contributed by atoms with Crippen molar-refractivity contribution in [1.82, 2.24) is 9.59 Å². The van der Waals surface area contributed by atoms with Gasteiger partial charge in [0, 0.05) is 16.8 Å². The summed E-state index contributed by atoms with van der Waals surface area (Å²) in [5.74, 6) is 0. The first-order chi connectivity index (χ1) is 10.4. The molecule has 0 bridgehead atoms. The van der Waals surface area contributed by atoms with Crippen LogP contribution in [0.4, 0.5) is 0 Å². The van der Waals surface area contributed by atoms with Crippen molar-refractivity contribution in [3.8, 4) is 21.7 Å². The zero-order valence-corrected chi connectivity index (χ0v) is 13.9. The Morgan fingerprint density at radius 3 is 2.41 bits per heavy atom. The molecule has 0 N–H and O–H groups in total. The Morgan fingerprint density at radius 2 is 1.77 bits per heavy atom. The van der Waals surface area contributed by atoms with E-state index >= 15 is 0 Å². The zero-order valence-electron chi connectivity index (χ0n) is 11.5. The summed E-state index contributed by atoms with van der Waals surface area (Å²) in [5, 5.41) is 4.80. The normalized spacial score (nSPS) is 11.5. The molecule has 4 nitrogen and oxygen atoms in total. The Labute approximate surface area is 137 Å². The van der Waals surface area contributed by atoms with Gasteiger partial charge in [-0.1, -0.05) is 40.4 Å². The first-order valence-corrected chi connectivity index (χ1v) is 9.38. The number of rotatable bonds is 3. The van der Waals surface area contributed by atoms with Crippen LogP contribution >= 0.6 is 23.1 Å². The van der Waals surface area contributed by atoms with Crippen LogP contribution in [0.25, 0.3) is 21.7 Å². The Hall–Kier alpha value is -1.76. The van der Waals surface area contributed by atoms with E-state index in [1.165, 1.54) is 17.8 Å². The summed E-state index contributed by atoms with van der Waals surface area (Å²) in [7, 11) is -3.21. The van der Waals surface area contributed by atoms with Crippen LogP contribution in [0.5, 0.6) is 0 Å². The van der Waals surface area contributed by atoms with Crippen LogP contribution in [-0.2, 0) is 9.84 Å². The highest BCUT2D eigenvalue weighted by Gasteiger charge is 2.14. The molecule has 22 heavy (non-hydrogen) atoms. The second-order valence-corrected chi connectivity index (χ2v) is 7.96. The van der Waals surface area contributed by atoms with Crippen LogP contribution < -0.4 is 0 Å². The molecule has 0 fully saturated rings. The van der Waals surface area contributed by atoms with Crippen molar-refractivity contribution in [1.29, 1.82) is 0 Å². The molecule has 0 saturated heterocycles. The molecule has 0 aliphatic carbocycles. The molecule has 0 saturated carbocycles. The van der Waals surface area contributed by atoms with Gasteiger partial charge in [0.15, 0.2) is 9.84 Å². The second kappa shape index (κ2) is 5.79. The van der Waals surface area contributed by atoms with Gasteiger partial charge in [0.1, 0.15) is 5.69 Å². The van der Waals surface area contributed by atoms with Crippen LogP contribution in [0.3, 0.4) is 0 Å². The molecule has 3 rings (SSSR count). The van der Waals surface area contributed by atoms with Crippen LogP contribution in [0, 0.1) is 0 Å². The van der Waals surface area contributed by atoms with E-state index in [4.69, 9.17) is 11.6 Å². The van der Waals surface area contributed by atoms with Crippen molar-refractivity contribution in [2.45, 2.75) is 4.90 Å². The quantitative estimate of drug-likeness (QED) is 0.718. The van der Waals surface area contributed by atoms with Crippen LogP contribution in [0.1, 0.15) is 0 Å². The van der Waals surface area contributed by atoms with E-state index in [0.29, 0.717) is 10.7 Å². The number of hydrogen-bond acceptors (Lipinski definition) is 5. The molecule has 0 aliphatic rings. The van der Waals surface area contributed by atoms with E-state index in [1.807, 2.05) is 18.2 Å². The lowest BCUT2D eigenvalue weighted by molar-refractivity contribution is 0.602. The minimum Gasteiger partial charge on any atom is -0.224 e. The number of hydrogen-bond donors (Lipinski definition) is 0. The highest BCUT2D eigenvalue weighted by molar-refractivity contribution is 7.90. The lowest BCUT2D eigenvalue weighted by Crippen LogP contribution is -1.96. The van der Waals surface area contributed by atoms with Gasteiger partial charge in [-0.3, -0.25) is 0 Å². The SMILES string of the molecule is CS(=O)(=O)c1ccc(-c2nnsc2-c2cccc(Cl)c2)cc1. The van der Waals surface area contributed by atoms with Gasteiger partial charge in [-0.2, -0.15) is 0 Å². The molecule has 2 aromatic carbocycles. The lowest BCUT2D eigenvalue weighted by Gasteiger charge is -2.03. The predicted molar refractivity (Wildman–Crippen MR) is 88.9 cm³/mol. The third-order valence-corrected chi connectivity index (χ3v) is 5.27. The molecule has 0 aliphatic heterocycles. The van der Waals surface area contributed by atoms with Crippen molar-refractivity contribution in [2.24, 2.45) is 0 Å². The molecule has 0 spiro atoms. The summed E-state index contributed by atoms with van der Waals surface area (Å²) >= 11 is 7.31. The van der Waals surface area contributed by atoms with E-state index < -0.39 is 9.84 Å². The lowest BCUT2D eigenvalue weighted by atomic mass is 10.1. The Bertz CT molecular complexity index is 919. The number of halogens is 1. The van der Waals surface area contributed by atoms with E-state index in [0.717, 1.165) is 16.0 Å². The molecular formula is C15H11ClN2O2S2. The monoisotopic (exact) mass is 350 g/mol. The molecular weight excluding hydrogens is 340 g/mol. The fourth-order valence-corrected chi connectivity index (χ4v) is 3.56. The Morgan fingerprint density at radius 1 is 1.05 bits per heavy atom. The molecule has 3 aromatic rings. The van der Waals surface area contributed by atoms with Crippen molar-refractivity contribution in [3.05, 3.63) is 53.6 Å². The average Bonchev–Trinajstić information content (AvgIpc) is 2.96. The smallest absolute Gasteiger partial charge is 0.175 e. The maximum atomic E-state index is 11.5. The van der Waals surface area contributed by atoms with Gasteiger partial charge >= 0.3 is 0 Å². The van der Waals surface area contributed by atoms with Crippen molar-refractivity contribution >= 4 is 33.0 Å². The number of nitrogens with zero attached hydrogens (tertiary/aromatic N) is 2. The first-order valence-electron chi connectivity index (χ1n) is 6.34. The van der Waals surface area contributed by atoms with Gasteiger partial charge in [0.2, 0.25) is 0 Å². The standard InChI is InChI=1S/C15H11ClN2O2S2/c1-22(19,20)13-7-5-10(6-8-13)14-15(21-18-17-14)11-3-2-4-12(16)9-11/h2-9H,1H3. The second-order valence-electron chi connectivity index (χ2n) is 4.76. The van der Waals surface area contributed by atoms with Crippen molar-refractivity contribution in [3.63, 3.8) is 0 Å². The molecule has 112 valence electrons. The third-order valence-electron chi connectivity index (χ3n) is 3.13. The van der Waals surface area contributed by atoms with E-state index in [-0.39, 0.29) is 4.90 Å². The van der Waals surface area contributed by atoms with Crippen LogP contribution in [0.15, 0.2) is 53.4 Å². The van der Waals surface area contributed by atoms with Gasteiger partial charge in [-0.25, -0.2) is 8.42 Å². The molecule has 1 heterocycles.